The van der Waals surface area contributed by atoms with E-state index < -0.39 is 0 Å². The molecule has 0 bridgehead atoms. The van der Waals surface area contributed by atoms with E-state index >= 15 is 0 Å². The van der Waals surface area contributed by atoms with Gasteiger partial charge in [0, 0.05) is 26.6 Å². The summed E-state index contributed by atoms with van der Waals surface area (Å²) >= 11 is 0. The Morgan fingerprint density at radius 2 is 1.95 bits per heavy atom. The van der Waals surface area contributed by atoms with Crippen molar-refractivity contribution in [2.75, 3.05) is 26.7 Å². The lowest BCUT2D eigenvalue weighted by atomic mass is 9.94. The molecule has 1 amide bonds. The van der Waals surface area contributed by atoms with Crippen LogP contribution in [0.25, 0.3) is 0 Å². The summed E-state index contributed by atoms with van der Waals surface area (Å²) in [5.74, 6) is 0.837. The molecule has 0 spiro atoms. The van der Waals surface area contributed by atoms with Crippen LogP contribution >= 0.6 is 0 Å². The number of aliphatic hydroxyl groups is 1. The maximum Gasteiger partial charge on any atom is 0.222 e. The van der Waals surface area contributed by atoms with Crippen molar-refractivity contribution >= 4 is 5.91 Å². The molecule has 3 N–H and O–H groups in total. The zero-order valence-corrected chi connectivity index (χ0v) is 12.7. The van der Waals surface area contributed by atoms with Crippen molar-refractivity contribution in [3.8, 4) is 0 Å². The van der Waals surface area contributed by atoms with Gasteiger partial charge in [-0.05, 0) is 44.6 Å². The molecule has 0 aromatic carbocycles. The molecule has 0 radical (unpaired) electrons. The summed E-state index contributed by atoms with van der Waals surface area (Å²) in [4.78, 5) is 13.8. The van der Waals surface area contributed by atoms with Crippen molar-refractivity contribution in [2.45, 2.75) is 58.3 Å². The largest absolute Gasteiger partial charge is 0.396 e. The Balaban J connectivity index is 3.80. The van der Waals surface area contributed by atoms with Crippen molar-refractivity contribution < 1.29 is 9.90 Å². The molecule has 1 atom stereocenters. The number of hydrogen-bond donors (Lipinski definition) is 2. The lowest BCUT2D eigenvalue weighted by molar-refractivity contribution is -0.130. The van der Waals surface area contributed by atoms with Crippen molar-refractivity contribution in [1.82, 2.24) is 4.90 Å². The van der Waals surface area contributed by atoms with E-state index in [1.54, 1.807) is 0 Å². The monoisotopic (exact) mass is 272 g/mol. The summed E-state index contributed by atoms with van der Waals surface area (Å²) in [6.07, 6.45) is 7.76. The first-order valence-electron chi connectivity index (χ1n) is 7.70. The van der Waals surface area contributed by atoms with E-state index in [4.69, 9.17) is 10.8 Å². The summed E-state index contributed by atoms with van der Waals surface area (Å²) in [6.45, 7) is 3.94. The predicted molar refractivity (Wildman–Crippen MR) is 79.9 cm³/mol. The van der Waals surface area contributed by atoms with Gasteiger partial charge in [0.1, 0.15) is 0 Å². The SMILES string of the molecule is CCCC(CCN)CCC(=O)N(C)CCCCCO. The molecule has 0 aromatic heterocycles. The topological polar surface area (TPSA) is 66.6 Å². The highest BCUT2D eigenvalue weighted by Crippen LogP contribution is 2.17. The summed E-state index contributed by atoms with van der Waals surface area (Å²) in [7, 11) is 1.87. The Morgan fingerprint density at radius 1 is 1.21 bits per heavy atom. The fourth-order valence-corrected chi connectivity index (χ4v) is 2.36. The minimum Gasteiger partial charge on any atom is -0.396 e. The number of unbranched alkanes of at least 4 members (excludes halogenated alkanes) is 2. The van der Waals surface area contributed by atoms with E-state index in [0.29, 0.717) is 12.3 Å². The van der Waals surface area contributed by atoms with Crippen LogP contribution in [0.5, 0.6) is 0 Å². The van der Waals surface area contributed by atoms with Crippen LogP contribution in [-0.4, -0.2) is 42.7 Å². The van der Waals surface area contributed by atoms with E-state index in [2.05, 4.69) is 6.92 Å². The zero-order chi connectivity index (χ0) is 14.5. The van der Waals surface area contributed by atoms with E-state index in [0.717, 1.165) is 51.6 Å². The van der Waals surface area contributed by atoms with Crippen LogP contribution in [0.4, 0.5) is 0 Å². The van der Waals surface area contributed by atoms with E-state index in [9.17, 15) is 4.79 Å². The highest BCUT2D eigenvalue weighted by Gasteiger charge is 2.12. The number of carbonyl (C=O) groups excluding carboxylic acids is 1. The second-order valence-electron chi connectivity index (χ2n) is 5.37. The van der Waals surface area contributed by atoms with Crippen molar-refractivity contribution in [3.63, 3.8) is 0 Å². The first kappa shape index (κ1) is 18.4. The number of hydrogen-bond acceptors (Lipinski definition) is 3. The average molecular weight is 272 g/mol. The molecule has 4 nitrogen and oxygen atoms in total. The molecule has 0 heterocycles. The van der Waals surface area contributed by atoms with Crippen LogP contribution in [0, 0.1) is 5.92 Å². The van der Waals surface area contributed by atoms with E-state index in [1.165, 1.54) is 6.42 Å². The van der Waals surface area contributed by atoms with Crippen LogP contribution < -0.4 is 5.73 Å². The Bertz CT molecular complexity index is 216. The Kier molecular flexibility index (Phi) is 12.0. The van der Waals surface area contributed by atoms with E-state index in [-0.39, 0.29) is 12.5 Å². The first-order chi connectivity index (χ1) is 9.15. The standard InChI is InChI=1S/C15H32N2O2/c1-3-7-14(10-11-16)8-9-15(19)17(2)12-5-4-6-13-18/h14,18H,3-13,16H2,1-2H3. The van der Waals surface area contributed by atoms with Crippen molar-refractivity contribution in [2.24, 2.45) is 11.7 Å². The number of rotatable bonds is 12. The van der Waals surface area contributed by atoms with Gasteiger partial charge in [0.05, 0.1) is 0 Å². The Morgan fingerprint density at radius 3 is 2.53 bits per heavy atom. The molecule has 0 aliphatic rings. The van der Waals surface area contributed by atoms with E-state index in [1.807, 2.05) is 11.9 Å². The molecule has 114 valence electrons. The highest BCUT2D eigenvalue weighted by molar-refractivity contribution is 5.75. The molecular formula is C15H32N2O2. The van der Waals surface area contributed by atoms with Crippen LogP contribution in [-0.2, 0) is 4.79 Å². The molecule has 4 heteroatoms. The normalized spacial score (nSPS) is 12.4. The molecule has 19 heavy (non-hydrogen) atoms. The van der Waals surface area contributed by atoms with Crippen LogP contribution in [0.2, 0.25) is 0 Å². The van der Waals surface area contributed by atoms with Crippen molar-refractivity contribution in [1.29, 1.82) is 0 Å². The molecule has 1 unspecified atom stereocenters. The smallest absolute Gasteiger partial charge is 0.222 e. The second kappa shape index (κ2) is 12.4. The van der Waals surface area contributed by atoms with Gasteiger partial charge in [-0.3, -0.25) is 4.79 Å². The lowest BCUT2D eigenvalue weighted by Crippen LogP contribution is -2.28. The molecule has 0 fully saturated rings. The minimum atomic E-state index is 0.238. The number of nitrogens with two attached hydrogens (primary N) is 1. The third-order valence-electron chi connectivity index (χ3n) is 3.62. The van der Waals surface area contributed by atoms with Gasteiger partial charge in [0.25, 0.3) is 0 Å². The lowest BCUT2D eigenvalue weighted by Gasteiger charge is -2.19. The van der Waals surface area contributed by atoms with Gasteiger partial charge in [0.2, 0.25) is 5.91 Å². The molecule has 0 aliphatic heterocycles. The third-order valence-corrected chi connectivity index (χ3v) is 3.62. The average Bonchev–Trinajstić information content (AvgIpc) is 2.40. The zero-order valence-electron chi connectivity index (χ0n) is 12.7. The van der Waals surface area contributed by atoms with Crippen LogP contribution in [0.15, 0.2) is 0 Å². The van der Waals surface area contributed by atoms with Crippen LogP contribution in [0.1, 0.15) is 58.3 Å². The van der Waals surface area contributed by atoms with Crippen LogP contribution in [0.3, 0.4) is 0 Å². The van der Waals surface area contributed by atoms with Crippen molar-refractivity contribution in [3.05, 3.63) is 0 Å². The molecule has 0 saturated carbocycles. The van der Waals surface area contributed by atoms with Gasteiger partial charge in [-0.15, -0.1) is 0 Å². The molecule has 0 aliphatic carbocycles. The fourth-order valence-electron chi connectivity index (χ4n) is 2.36. The van der Waals surface area contributed by atoms with Gasteiger partial charge >= 0.3 is 0 Å². The minimum absolute atomic E-state index is 0.238. The molecule has 0 saturated heterocycles. The third kappa shape index (κ3) is 9.91. The number of aliphatic hydroxyl groups excluding tert-OH is 1. The predicted octanol–water partition coefficient (Wildman–Crippen LogP) is 2.15. The quantitative estimate of drug-likeness (QED) is 0.535. The summed E-state index contributed by atoms with van der Waals surface area (Å²) in [6, 6.07) is 0. The van der Waals surface area contributed by atoms with Gasteiger partial charge in [0.15, 0.2) is 0 Å². The number of carbonyl (C=O) groups is 1. The highest BCUT2D eigenvalue weighted by atomic mass is 16.2. The van der Waals surface area contributed by atoms with Gasteiger partial charge in [-0.1, -0.05) is 19.8 Å². The van der Waals surface area contributed by atoms with Gasteiger partial charge in [-0.2, -0.15) is 0 Å². The Hall–Kier alpha value is -0.610. The van der Waals surface area contributed by atoms with Gasteiger partial charge < -0.3 is 15.7 Å². The molecular weight excluding hydrogens is 240 g/mol. The fraction of sp³-hybridized carbons (Fsp3) is 0.933. The Labute approximate surface area is 118 Å². The van der Waals surface area contributed by atoms with Gasteiger partial charge in [-0.25, -0.2) is 0 Å². The summed E-state index contributed by atoms with van der Waals surface area (Å²) < 4.78 is 0. The second-order valence-corrected chi connectivity index (χ2v) is 5.37. The maximum atomic E-state index is 12.0. The number of amides is 1. The maximum absolute atomic E-state index is 12.0. The molecule has 0 rings (SSSR count). The first-order valence-corrected chi connectivity index (χ1v) is 7.70. The summed E-state index contributed by atoms with van der Waals surface area (Å²) in [5, 5.41) is 8.70. The number of nitrogens with zero attached hydrogens (tertiary/aromatic N) is 1. The summed E-state index contributed by atoms with van der Waals surface area (Å²) in [5.41, 5.74) is 5.60. The molecule has 0 aromatic rings.